The van der Waals surface area contributed by atoms with Gasteiger partial charge in [-0.25, -0.2) is 0 Å². The minimum atomic E-state index is 0. The Balaban J connectivity index is 0.00000147. The summed E-state index contributed by atoms with van der Waals surface area (Å²) >= 11 is 5.91. The van der Waals surface area contributed by atoms with Crippen molar-refractivity contribution in [3.05, 3.63) is 34.9 Å². The molecule has 3 rings (SSSR count). The summed E-state index contributed by atoms with van der Waals surface area (Å²) in [7, 11) is 0. The largest absolute Gasteiger partial charge is 0.341 e. The number of hydrogen-bond donors (Lipinski definition) is 1. The molecule has 0 bridgehead atoms. The molecule has 2 unspecified atom stereocenters. The van der Waals surface area contributed by atoms with E-state index in [4.69, 9.17) is 11.6 Å². The lowest BCUT2D eigenvalue weighted by molar-refractivity contribution is -0.132. The van der Waals surface area contributed by atoms with E-state index in [1.807, 2.05) is 17.0 Å². The first-order chi connectivity index (χ1) is 9.24. The Morgan fingerprint density at radius 2 is 2.00 bits per heavy atom. The van der Waals surface area contributed by atoms with Crippen LogP contribution >= 0.6 is 24.0 Å². The van der Waals surface area contributed by atoms with E-state index in [2.05, 4.69) is 17.4 Å². The Morgan fingerprint density at radius 1 is 1.25 bits per heavy atom. The zero-order valence-electron chi connectivity index (χ0n) is 11.3. The lowest BCUT2D eigenvalue weighted by Crippen LogP contribution is -2.42. The minimum absolute atomic E-state index is 0. The predicted octanol–water partition coefficient (Wildman–Crippen LogP) is 2.83. The molecule has 2 atom stereocenters. The van der Waals surface area contributed by atoms with Crippen LogP contribution in [0.25, 0.3) is 0 Å². The van der Waals surface area contributed by atoms with E-state index in [-0.39, 0.29) is 24.4 Å². The predicted molar refractivity (Wildman–Crippen MR) is 83.7 cm³/mol. The van der Waals surface area contributed by atoms with Crippen LogP contribution in [0.1, 0.15) is 30.7 Å². The number of carbonyl (C=O) groups excluding carboxylic acids is 1. The molecule has 2 aliphatic rings. The first-order valence-electron chi connectivity index (χ1n) is 7.01. The molecule has 2 saturated heterocycles. The number of rotatable bonds is 2. The fourth-order valence-corrected chi connectivity index (χ4v) is 3.21. The van der Waals surface area contributed by atoms with Crippen LogP contribution < -0.4 is 5.32 Å². The highest BCUT2D eigenvalue weighted by atomic mass is 35.5. The quantitative estimate of drug-likeness (QED) is 0.910. The molecule has 1 amide bonds. The van der Waals surface area contributed by atoms with E-state index in [0.717, 1.165) is 43.9 Å². The summed E-state index contributed by atoms with van der Waals surface area (Å²) in [6, 6.07) is 8.08. The fourth-order valence-electron chi connectivity index (χ4n) is 3.08. The van der Waals surface area contributed by atoms with Crippen LogP contribution in [0.15, 0.2) is 24.3 Å². The Hall–Kier alpha value is -0.770. The van der Waals surface area contributed by atoms with Gasteiger partial charge in [0.1, 0.15) is 0 Å². The molecule has 0 spiro atoms. The van der Waals surface area contributed by atoms with Crippen molar-refractivity contribution < 1.29 is 4.79 Å². The zero-order valence-corrected chi connectivity index (χ0v) is 12.9. The normalized spacial score (nSPS) is 25.6. The average Bonchev–Trinajstić information content (AvgIpc) is 3.10. The van der Waals surface area contributed by atoms with Gasteiger partial charge in [-0.3, -0.25) is 4.79 Å². The van der Waals surface area contributed by atoms with E-state index in [1.54, 1.807) is 0 Å². The Morgan fingerprint density at radius 3 is 2.65 bits per heavy atom. The van der Waals surface area contributed by atoms with Gasteiger partial charge >= 0.3 is 0 Å². The van der Waals surface area contributed by atoms with Crippen LogP contribution in [-0.4, -0.2) is 36.5 Å². The van der Waals surface area contributed by atoms with Gasteiger partial charge in [0.25, 0.3) is 0 Å². The maximum Gasteiger partial charge on any atom is 0.239 e. The molecule has 2 fully saturated rings. The Bertz CT molecular complexity index is 457. The maximum absolute atomic E-state index is 12.3. The molecule has 0 aromatic heterocycles. The molecular weight excluding hydrogens is 295 g/mol. The summed E-state index contributed by atoms with van der Waals surface area (Å²) in [5, 5.41) is 4.06. The first-order valence-corrected chi connectivity index (χ1v) is 7.39. The third-order valence-corrected chi connectivity index (χ3v) is 4.45. The number of likely N-dealkylation sites (tertiary alicyclic amines) is 1. The van der Waals surface area contributed by atoms with E-state index in [0.29, 0.717) is 5.92 Å². The monoisotopic (exact) mass is 314 g/mol. The Labute approximate surface area is 131 Å². The summed E-state index contributed by atoms with van der Waals surface area (Å²) in [5.41, 5.74) is 1.29. The molecule has 0 saturated carbocycles. The molecular formula is C15H20Cl2N2O. The van der Waals surface area contributed by atoms with E-state index < -0.39 is 0 Å². The first kappa shape index (κ1) is 15.6. The number of nitrogens with zero attached hydrogens (tertiary/aromatic N) is 1. The molecule has 5 heteroatoms. The van der Waals surface area contributed by atoms with Crippen LogP contribution in [0.2, 0.25) is 5.02 Å². The molecule has 1 N–H and O–H groups in total. The minimum Gasteiger partial charge on any atom is -0.341 e. The molecule has 20 heavy (non-hydrogen) atoms. The van der Waals surface area contributed by atoms with Crippen LogP contribution in [-0.2, 0) is 4.79 Å². The lowest BCUT2D eigenvalue weighted by Gasteiger charge is -2.20. The Kier molecular flexibility index (Phi) is 5.30. The van der Waals surface area contributed by atoms with E-state index >= 15 is 0 Å². The van der Waals surface area contributed by atoms with Crippen molar-refractivity contribution in [3.63, 3.8) is 0 Å². The lowest BCUT2D eigenvalue weighted by atomic mass is 9.99. The summed E-state index contributed by atoms with van der Waals surface area (Å²) in [6.45, 7) is 2.70. The van der Waals surface area contributed by atoms with Crippen LogP contribution in [0, 0.1) is 0 Å². The van der Waals surface area contributed by atoms with Crippen LogP contribution in [0.3, 0.4) is 0 Å². The molecule has 1 aromatic rings. The van der Waals surface area contributed by atoms with Crippen molar-refractivity contribution in [3.8, 4) is 0 Å². The molecule has 2 heterocycles. The fraction of sp³-hybridized carbons (Fsp3) is 0.533. The topological polar surface area (TPSA) is 32.3 Å². The average molecular weight is 315 g/mol. The number of carbonyl (C=O) groups is 1. The molecule has 110 valence electrons. The van der Waals surface area contributed by atoms with Crippen LogP contribution in [0.5, 0.6) is 0 Å². The highest BCUT2D eigenvalue weighted by Gasteiger charge is 2.32. The smallest absolute Gasteiger partial charge is 0.239 e. The third kappa shape index (κ3) is 3.27. The van der Waals surface area contributed by atoms with Crippen molar-refractivity contribution in [1.29, 1.82) is 0 Å². The zero-order chi connectivity index (χ0) is 13.2. The van der Waals surface area contributed by atoms with Gasteiger partial charge in [-0.1, -0.05) is 23.7 Å². The summed E-state index contributed by atoms with van der Waals surface area (Å²) in [4.78, 5) is 14.3. The van der Waals surface area contributed by atoms with Gasteiger partial charge in [0, 0.05) is 24.0 Å². The van der Waals surface area contributed by atoms with E-state index in [1.165, 1.54) is 5.56 Å². The number of halogens is 2. The standard InChI is InChI=1S/C15H19ClN2O.ClH/c16-13-5-3-11(4-6-13)12-7-9-18(10-12)15(19)14-2-1-8-17-14;/h3-6,12,14,17H,1-2,7-10H2;1H. The van der Waals surface area contributed by atoms with Crippen molar-refractivity contribution in [1.82, 2.24) is 10.2 Å². The molecule has 3 nitrogen and oxygen atoms in total. The number of benzene rings is 1. The van der Waals surface area contributed by atoms with Crippen molar-refractivity contribution in [2.75, 3.05) is 19.6 Å². The van der Waals surface area contributed by atoms with Gasteiger partial charge in [0.15, 0.2) is 0 Å². The van der Waals surface area contributed by atoms with Gasteiger partial charge in [-0.05, 0) is 43.5 Å². The molecule has 0 radical (unpaired) electrons. The summed E-state index contributed by atoms with van der Waals surface area (Å²) in [6.07, 6.45) is 3.16. The van der Waals surface area contributed by atoms with Gasteiger partial charge in [0.05, 0.1) is 6.04 Å². The molecule has 2 aliphatic heterocycles. The SMILES string of the molecule is Cl.O=C(C1CCCN1)N1CCC(c2ccc(Cl)cc2)C1. The van der Waals surface area contributed by atoms with Crippen molar-refractivity contribution in [2.45, 2.75) is 31.2 Å². The highest BCUT2D eigenvalue weighted by molar-refractivity contribution is 6.30. The van der Waals surface area contributed by atoms with Gasteiger partial charge in [-0.2, -0.15) is 0 Å². The number of hydrogen-bond acceptors (Lipinski definition) is 2. The molecule has 0 aliphatic carbocycles. The van der Waals surface area contributed by atoms with Crippen molar-refractivity contribution in [2.24, 2.45) is 0 Å². The van der Waals surface area contributed by atoms with Crippen LogP contribution in [0.4, 0.5) is 0 Å². The van der Waals surface area contributed by atoms with E-state index in [9.17, 15) is 4.79 Å². The second kappa shape index (κ2) is 6.79. The van der Waals surface area contributed by atoms with Gasteiger partial charge in [0.2, 0.25) is 5.91 Å². The third-order valence-electron chi connectivity index (χ3n) is 4.20. The molecule has 1 aromatic carbocycles. The number of nitrogens with one attached hydrogen (secondary N) is 1. The highest BCUT2D eigenvalue weighted by Crippen LogP contribution is 2.28. The summed E-state index contributed by atoms with van der Waals surface area (Å²) < 4.78 is 0. The van der Waals surface area contributed by atoms with Gasteiger partial charge in [-0.15, -0.1) is 12.4 Å². The maximum atomic E-state index is 12.3. The van der Waals surface area contributed by atoms with Crippen molar-refractivity contribution >= 4 is 29.9 Å². The summed E-state index contributed by atoms with van der Waals surface area (Å²) in [5.74, 6) is 0.747. The number of amides is 1. The second-order valence-electron chi connectivity index (χ2n) is 5.47. The van der Waals surface area contributed by atoms with Gasteiger partial charge < -0.3 is 10.2 Å². The second-order valence-corrected chi connectivity index (χ2v) is 5.91.